The van der Waals surface area contributed by atoms with Crippen LogP contribution in [-0.4, -0.2) is 61.2 Å². The third kappa shape index (κ3) is 9.36. The Bertz CT molecular complexity index is 1200. The highest BCUT2D eigenvalue weighted by Gasteiger charge is 2.17. The minimum atomic E-state index is -0.337. The lowest BCUT2D eigenvalue weighted by Crippen LogP contribution is -2.39. The lowest BCUT2D eigenvalue weighted by atomic mass is 10.0. The molecule has 1 unspecified atom stereocenters. The van der Waals surface area contributed by atoms with Gasteiger partial charge in [0.1, 0.15) is 5.69 Å². The second-order valence-corrected chi connectivity index (χ2v) is 10.0. The number of hydrogen-bond acceptors (Lipinski definition) is 6. The standard InChI is InChI=1S/C31H40N6O3/c32-26-11-6-7-13-28(26)35-30(38)29-15-14-25(23-34-29)27(12-5-2-8-18-37-19-21-40-22-20-37)36-31(39)33-17-16-24-9-3-1-4-10-24/h1,3-4,6-7,9-11,13-15,23,27H,2,5,8,12,16-22,32H2,(H,35,38)(H2,33,36,39). The number of urea groups is 1. The van der Waals surface area contributed by atoms with E-state index in [0.717, 1.165) is 70.5 Å². The van der Waals surface area contributed by atoms with E-state index in [4.69, 9.17) is 10.5 Å². The van der Waals surface area contributed by atoms with Crippen molar-refractivity contribution in [3.05, 3.63) is 89.7 Å². The van der Waals surface area contributed by atoms with E-state index in [2.05, 4.69) is 38.0 Å². The van der Waals surface area contributed by atoms with Gasteiger partial charge in [-0.2, -0.15) is 0 Å². The number of pyridine rings is 1. The number of nitrogen functional groups attached to an aromatic ring is 1. The van der Waals surface area contributed by atoms with E-state index >= 15 is 0 Å². The first-order valence-electron chi connectivity index (χ1n) is 14.1. The maximum atomic E-state index is 12.8. The quantitative estimate of drug-likeness (QED) is 0.187. The molecule has 2 aromatic carbocycles. The lowest BCUT2D eigenvalue weighted by molar-refractivity contribution is 0.0371. The van der Waals surface area contributed by atoms with Gasteiger partial charge in [0.25, 0.3) is 5.91 Å². The maximum Gasteiger partial charge on any atom is 0.315 e. The first-order valence-corrected chi connectivity index (χ1v) is 14.1. The van der Waals surface area contributed by atoms with Gasteiger partial charge in [0, 0.05) is 25.8 Å². The first kappa shape index (κ1) is 29.0. The summed E-state index contributed by atoms with van der Waals surface area (Å²) in [4.78, 5) is 32.3. The number of hydrogen-bond donors (Lipinski definition) is 4. The summed E-state index contributed by atoms with van der Waals surface area (Å²) < 4.78 is 5.43. The SMILES string of the molecule is Nc1ccccc1NC(=O)c1ccc(C(CCCCCN2CCOCC2)NC(=O)NCCc2ccccc2)cn1. The number of carbonyl (C=O) groups is 2. The van der Waals surface area contributed by atoms with Crippen LogP contribution in [0.25, 0.3) is 0 Å². The molecule has 0 saturated carbocycles. The highest BCUT2D eigenvalue weighted by Crippen LogP contribution is 2.21. The topological polar surface area (TPSA) is 122 Å². The van der Waals surface area contributed by atoms with Crippen molar-refractivity contribution in [1.29, 1.82) is 0 Å². The molecule has 4 rings (SSSR count). The highest BCUT2D eigenvalue weighted by atomic mass is 16.5. The number of rotatable bonds is 13. The van der Waals surface area contributed by atoms with Gasteiger partial charge in [-0.15, -0.1) is 0 Å². The van der Waals surface area contributed by atoms with Crippen LogP contribution < -0.4 is 21.7 Å². The Labute approximate surface area is 236 Å². The summed E-state index contributed by atoms with van der Waals surface area (Å²) in [5, 5.41) is 8.90. The fourth-order valence-electron chi connectivity index (χ4n) is 4.72. The molecule has 9 heteroatoms. The Morgan fingerprint density at radius 2 is 1.73 bits per heavy atom. The lowest BCUT2D eigenvalue weighted by Gasteiger charge is -2.26. The third-order valence-electron chi connectivity index (χ3n) is 7.05. The molecule has 0 bridgehead atoms. The molecule has 40 heavy (non-hydrogen) atoms. The number of nitrogens with zero attached hydrogens (tertiary/aromatic N) is 2. The largest absolute Gasteiger partial charge is 0.397 e. The molecule has 212 valence electrons. The Morgan fingerprint density at radius 3 is 2.48 bits per heavy atom. The second kappa shape index (κ2) is 15.6. The summed E-state index contributed by atoms with van der Waals surface area (Å²) in [7, 11) is 0. The van der Waals surface area contributed by atoms with E-state index in [-0.39, 0.29) is 23.7 Å². The van der Waals surface area contributed by atoms with Crippen LogP contribution in [0.2, 0.25) is 0 Å². The summed E-state index contributed by atoms with van der Waals surface area (Å²) in [5.74, 6) is -0.337. The van der Waals surface area contributed by atoms with Gasteiger partial charge in [-0.3, -0.25) is 14.7 Å². The van der Waals surface area contributed by atoms with Crippen LogP contribution in [0.15, 0.2) is 72.9 Å². The van der Waals surface area contributed by atoms with Gasteiger partial charge in [0.05, 0.1) is 30.6 Å². The minimum absolute atomic E-state index is 0.212. The number of para-hydroxylation sites is 2. The average molecular weight is 545 g/mol. The molecule has 1 aromatic heterocycles. The monoisotopic (exact) mass is 544 g/mol. The zero-order valence-corrected chi connectivity index (χ0v) is 23.0. The molecule has 9 nitrogen and oxygen atoms in total. The average Bonchev–Trinajstić information content (AvgIpc) is 2.99. The number of ether oxygens (including phenoxy) is 1. The van der Waals surface area contributed by atoms with E-state index in [0.29, 0.717) is 17.9 Å². The summed E-state index contributed by atoms with van der Waals surface area (Å²) >= 11 is 0. The fourth-order valence-corrected chi connectivity index (χ4v) is 4.72. The van der Waals surface area contributed by atoms with Gasteiger partial charge in [-0.05, 0) is 55.1 Å². The molecule has 1 aliphatic rings. The van der Waals surface area contributed by atoms with E-state index in [1.807, 2.05) is 36.4 Å². The molecule has 3 amide bonds. The Balaban J connectivity index is 1.32. The smallest absolute Gasteiger partial charge is 0.315 e. The molecule has 0 aliphatic carbocycles. The number of carbonyl (C=O) groups excluding carboxylic acids is 2. The van der Waals surface area contributed by atoms with Crippen molar-refractivity contribution in [2.45, 2.75) is 38.1 Å². The van der Waals surface area contributed by atoms with Crippen LogP contribution in [0.5, 0.6) is 0 Å². The van der Waals surface area contributed by atoms with E-state index < -0.39 is 0 Å². The predicted octanol–water partition coefficient (Wildman–Crippen LogP) is 4.39. The number of unbranched alkanes of at least 4 members (excludes halogenated alkanes) is 2. The summed E-state index contributed by atoms with van der Waals surface area (Å²) in [6.45, 7) is 5.22. The van der Waals surface area contributed by atoms with Crippen LogP contribution >= 0.6 is 0 Å². The maximum absolute atomic E-state index is 12.8. The van der Waals surface area contributed by atoms with Crippen LogP contribution in [0.1, 0.15) is 53.3 Å². The third-order valence-corrected chi connectivity index (χ3v) is 7.05. The minimum Gasteiger partial charge on any atom is -0.397 e. The van der Waals surface area contributed by atoms with Gasteiger partial charge in [0.15, 0.2) is 0 Å². The van der Waals surface area contributed by atoms with Crippen molar-refractivity contribution in [2.24, 2.45) is 0 Å². The van der Waals surface area contributed by atoms with E-state index in [1.54, 1.807) is 24.4 Å². The van der Waals surface area contributed by atoms with Gasteiger partial charge in [-0.1, -0.05) is 61.4 Å². The summed E-state index contributed by atoms with van der Waals surface area (Å²) in [5.41, 5.74) is 9.30. The number of aromatic nitrogens is 1. The van der Waals surface area contributed by atoms with Gasteiger partial charge in [-0.25, -0.2) is 4.79 Å². The van der Waals surface area contributed by atoms with Crippen molar-refractivity contribution < 1.29 is 14.3 Å². The molecule has 1 saturated heterocycles. The van der Waals surface area contributed by atoms with E-state index in [1.165, 1.54) is 5.56 Å². The van der Waals surface area contributed by atoms with Crippen molar-refractivity contribution in [3.8, 4) is 0 Å². The number of benzene rings is 2. The van der Waals surface area contributed by atoms with Gasteiger partial charge >= 0.3 is 6.03 Å². The van der Waals surface area contributed by atoms with Crippen LogP contribution in [0.3, 0.4) is 0 Å². The molecule has 0 radical (unpaired) electrons. The number of anilines is 2. The Kier molecular flexibility index (Phi) is 11.3. The van der Waals surface area contributed by atoms with Crippen molar-refractivity contribution in [1.82, 2.24) is 20.5 Å². The normalized spacial score (nSPS) is 14.3. The van der Waals surface area contributed by atoms with Gasteiger partial charge < -0.3 is 26.4 Å². The zero-order chi connectivity index (χ0) is 28.0. The van der Waals surface area contributed by atoms with Crippen molar-refractivity contribution in [3.63, 3.8) is 0 Å². The summed E-state index contributed by atoms with van der Waals surface area (Å²) in [6, 6.07) is 20.3. The number of amides is 3. The van der Waals surface area contributed by atoms with Crippen LogP contribution in [-0.2, 0) is 11.2 Å². The molecule has 0 spiro atoms. The Hall–Kier alpha value is -3.95. The van der Waals surface area contributed by atoms with Gasteiger partial charge in [0.2, 0.25) is 0 Å². The molecule has 2 heterocycles. The first-order chi connectivity index (χ1) is 19.6. The molecule has 5 N–H and O–H groups in total. The number of nitrogens with one attached hydrogen (secondary N) is 3. The van der Waals surface area contributed by atoms with Crippen molar-refractivity contribution in [2.75, 3.05) is 50.4 Å². The molecule has 1 aliphatic heterocycles. The molecule has 1 fully saturated rings. The fraction of sp³-hybridized carbons (Fsp3) is 0.387. The number of nitrogens with two attached hydrogens (primary N) is 1. The predicted molar refractivity (Wildman–Crippen MR) is 158 cm³/mol. The zero-order valence-electron chi connectivity index (χ0n) is 23.0. The number of morpholine rings is 1. The molecule has 3 aromatic rings. The Morgan fingerprint density at radius 1 is 0.950 bits per heavy atom. The van der Waals surface area contributed by atoms with Crippen LogP contribution in [0.4, 0.5) is 16.2 Å². The molecular weight excluding hydrogens is 504 g/mol. The molecular formula is C31H40N6O3. The molecule has 1 atom stereocenters. The highest BCUT2D eigenvalue weighted by molar-refractivity contribution is 6.04. The van der Waals surface area contributed by atoms with Crippen molar-refractivity contribution >= 4 is 23.3 Å². The summed E-state index contributed by atoms with van der Waals surface area (Å²) in [6.07, 6.45) is 6.36. The van der Waals surface area contributed by atoms with Crippen LogP contribution in [0, 0.1) is 0 Å². The van der Waals surface area contributed by atoms with E-state index in [9.17, 15) is 9.59 Å². The second-order valence-electron chi connectivity index (χ2n) is 10.0.